The minimum absolute atomic E-state index is 0.129. The van der Waals surface area contributed by atoms with Gasteiger partial charge in [0, 0.05) is 24.0 Å². The molecule has 19 heavy (non-hydrogen) atoms. The highest BCUT2D eigenvalue weighted by atomic mass is 32.2. The molecule has 1 aliphatic heterocycles. The van der Waals surface area contributed by atoms with Crippen molar-refractivity contribution in [1.82, 2.24) is 4.57 Å². The highest BCUT2D eigenvalue weighted by molar-refractivity contribution is 7.92. The first-order chi connectivity index (χ1) is 8.99. The summed E-state index contributed by atoms with van der Waals surface area (Å²) in [5, 5.41) is -0.194. The van der Waals surface area contributed by atoms with Crippen molar-refractivity contribution in [3.8, 4) is 0 Å². The summed E-state index contributed by atoms with van der Waals surface area (Å²) in [4.78, 5) is 0. The third kappa shape index (κ3) is 2.23. The molecule has 2 atom stereocenters. The molecule has 0 saturated carbocycles. The first-order valence-electron chi connectivity index (χ1n) is 7.15. The van der Waals surface area contributed by atoms with Crippen LogP contribution in [0, 0.1) is 6.92 Å². The fourth-order valence-corrected chi connectivity index (χ4v) is 5.33. The third-order valence-electron chi connectivity index (χ3n) is 4.63. The Morgan fingerprint density at radius 3 is 2.84 bits per heavy atom. The highest BCUT2D eigenvalue weighted by Gasteiger charge is 2.33. The van der Waals surface area contributed by atoms with Crippen molar-refractivity contribution >= 4 is 9.84 Å². The lowest BCUT2D eigenvalue weighted by Gasteiger charge is -2.22. The van der Waals surface area contributed by atoms with Crippen molar-refractivity contribution in [2.45, 2.75) is 56.9 Å². The second kappa shape index (κ2) is 4.63. The van der Waals surface area contributed by atoms with Gasteiger partial charge in [-0.3, -0.25) is 0 Å². The number of aryl methyl sites for hydroxylation is 1. The van der Waals surface area contributed by atoms with Gasteiger partial charge in [0.1, 0.15) is 0 Å². The van der Waals surface area contributed by atoms with Crippen molar-refractivity contribution in [1.29, 1.82) is 0 Å². The number of hydrogen-bond donors (Lipinski definition) is 1. The summed E-state index contributed by atoms with van der Waals surface area (Å²) < 4.78 is 26.2. The molecule has 4 nitrogen and oxygen atoms in total. The maximum absolute atomic E-state index is 12.0. The van der Waals surface area contributed by atoms with Gasteiger partial charge in [-0.2, -0.15) is 0 Å². The summed E-state index contributed by atoms with van der Waals surface area (Å²) in [5.41, 5.74) is 9.83. The molecule has 3 rings (SSSR count). The Balaban J connectivity index is 1.93. The molecule has 0 amide bonds. The number of sulfone groups is 1. The maximum Gasteiger partial charge on any atom is 0.154 e. The van der Waals surface area contributed by atoms with E-state index in [1.54, 1.807) is 0 Å². The van der Waals surface area contributed by atoms with Crippen LogP contribution in [0.3, 0.4) is 0 Å². The van der Waals surface area contributed by atoms with E-state index in [4.69, 9.17) is 5.73 Å². The van der Waals surface area contributed by atoms with E-state index in [2.05, 4.69) is 17.6 Å². The number of hydrogen-bond acceptors (Lipinski definition) is 3. The van der Waals surface area contributed by atoms with Crippen LogP contribution in [0.5, 0.6) is 0 Å². The Kier molecular flexibility index (Phi) is 3.21. The number of fused-ring (bicyclic) bond motifs is 1. The van der Waals surface area contributed by atoms with Gasteiger partial charge in [-0.15, -0.1) is 0 Å². The molecule has 1 aromatic rings. The molecule has 0 radical (unpaired) electrons. The highest BCUT2D eigenvalue weighted by Crippen LogP contribution is 2.32. The monoisotopic (exact) mass is 282 g/mol. The first-order valence-corrected chi connectivity index (χ1v) is 8.86. The quantitative estimate of drug-likeness (QED) is 0.898. The standard InChI is InChI=1S/C14H22N2O2S/c1-10-8-12-13(15)5-2-6-14(12)16(10)9-11-4-3-7-19(11,17)18/h8,11,13H,2-7,9,15H2,1H3. The van der Waals surface area contributed by atoms with Crippen molar-refractivity contribution in [3.05, 3.63) is 23.0 Å². The van der Waals surface area contributed by atoms with Crippen LogP contribution in [-0.2, 0) is 22.8 Å². The van der Waals surface area contributed by atoms with E-state index in [1.807, 2.05) is 0 Å². The SMILES string of the molecule is Cc1cc2c(n1CC1CCCS1(=O)=O)CCCC2N. The van der Waals surface area contributed by atoms with Crippen LogP contribution in [0.25, 0.3) is 0 Å². The zero-order valence-corrected chi connectivity index (χ0v) is 12.2. The number of nitrogens with two attached hydrogens (primary N) is 1. The van der Waals surface area contributed by atoms with E-state index in [-0.39, 0.29) is 11.3 Å². The number of aromatic nitrogens is 1. The first kappa shape index (κ1) is 13.2. The van der Waals surface area contributed by atoms with Crippen LogP contribution in [0.15, 0.2) is 6.07 Å². The van der Waals surface area contributed by atoms with Crippen LogP contribution in [0.4, 0.5) is 0 Å². The van der Waals surface area contributed by atoms with Crippen molar-refractivity contribution in [2.75, 3.05) is 5.75 Å². The van der Waals surface area contributed by atoms with E-state index in [0.717, 1.165) is 37.8 Å². The summed E-state index contributed by atoms with van der Waals surface area (Å²) in [6.45, 7) is 2.68. The molecule has 2 aliphatic rings. The molecule has 5 heteroatoms. The molecule has 0 aromatic carbocycles. The lowest BCUT2D eigenvalue weighted by Crippen LogP contribution is -2.25. The van der Waals surface area contributed by atoms with E-state index < -0.39 is 9.84 Å². The molecule has 0 spiro atoms. The van der Waals surface area contributed by atoms with Gasteiger partial charge in [-0.1, -0.05) is 0 Å². The van der Waals surface area contributed by atoms with Gasteiger partial charge in [-0.05, 0) is 50.7 Å². The summed E-state index contributed by atoms with van der Waals surface area (Å²) in [7, 11) is -2.87. The Hall–Kier alpha value is -0.810. The second-order valence-corrected chi connectivity index (χ2v) is 8.33. The second-order valence-electron chi connectivity index (χ2n) is 5.93. The third-order valence-corrected chi connectivity index (χ3v) is 6.88. The van der Waals surface area contributed by atoms with Gasteiger partial charge in [-0.25, -0.2) is 8.42 Å². The topological polar surface area (TPSA) is 65.1 Å². The van der Waals surface area contributed by atoms with Crippen LogP contribution >= 0.6 is 0 Å². The molecule has 1 aliphatic carbocycles. The zero-order chi connectivity index (χ0) is 13.6. The van der Waals surface area contributed by atoms with Crippen LogP contribution in [-0.4, -0.2) is 24.0 Å². The Morgan fingerprint density at radius 1 is 1.37 bits per heavy atom. The average Bonchev–Trinajstić information content (AvgIpc) is 2.83. The summed E-state index contributed by atoms with van der Waals surface area (Å²) >= 11 is 0. The number of rotatable bonds is 2. The fourth-order valence-electron chi connectivity index (χ4n) is 3.52. The molecular formula is C14H22N2O2S. The van der Waals surface area contributed by atoms with Crippen LogP contribution in [0.1, 0.15) is 48.7 Å². The zero-order valence-electron chi connectivity index (χ0n) is 11.4. The predicted molar refractivity (Wildman–Crippen MR) is 75.8 cm³/mol. The normalized spacial score (nSPS) is 29.4. The van der Waals surface area contributed by atoms with Gasteiger partial charge >= 0.3 is 0 Å². The van der Waals surface area contributed by atoms with Gasteiger partial charge in [0.25, 0.3) is 0 Å². The number of nitrogens with zero attached hydrogens (tertiary/aromatic N) is 1. The molecule has 1 aromatic heterocycles. The van der Waals surface area contributed by atoms with Crippen LogP contribution in [0.2, 0.25) is 0 Å². The molecule has 2 heterocycles. The van der Waals surface area contributed by atoms with Gasteiger partial charge in [0.05, 0.1) is 11.0 Å². The van der Waals surface area contributed by atoms with E-state index in [0.29, 0.717) is 12.3 Å². The molecule has 2 N–H and O–H groups in total. The Bertz CT molecular complexity index is 589. The van der Waals surface area contributed by atoms with Crippen LogP contribution < -0.4 is 5.73 Å². The van der Waals surface area contributed by atoms with Gasteiger partial charge in [0.15, 0.2) is 9.84 Å². The minimum Gasteiger partial charge on any atom is -0.347 e. The van der Waals surface area contributed by atoms with Gasteiger partial charge < -0.3 is 10.3 Å². The van der Waals surface area contributed by atoms with Crippen molar-refractivity contribution in [3.63, 3.8) is 0 Å². The average molecular weight is 282 g/mol. The minimum atomic E-state index is -2.87. The van der Waals surface area contributed by atoms with Crippen molar-refractivity contribution < 1.29 is 8.42 Å². The summed E-state index contributed by atoms with van der Waals surface area (Å²) in [6.07, 6.45) is 4.80. The summed E-state index contributed by atoms with van der Waals surface area (Å²) in [5.74, 6) is 0.361. The van der Waals surface area contributed by atoms with Gasteiger partial charge in [0.2, 0.25) is 0 Å². The molecule has 1 fully saturated rings. The van der Waals surface area contributed by atoms with Crippen molar-refractivity contribution in [2.24, 2.45) is 5.73 Å². The van der Waals surface area contributed by atoms with E-state index >= 15 is 0 Å². The lowest BCUT2D eigenvalue weighted by atomic mass is 9.93. The Labute approximate surface area is 114 Å². The summed E-state index contributed by atoms with van der Waals surface area (Å²) in [6, 6.07) is 2.28. The molecular weight excluding hydrogens is 260 g/mol. The molecule has 106 valence electrons. The maximum atomic E-state index is 12.0. The van der Waals surface area contributed by atoms with E-state index in [9.17, 15) is 8.42 Å². The Morgan fingerprint density at radius 2 is 2.16 bits per heavy atom. The lowest BCUT2D eigenvalue weighted by molar-refractivity contribution is 0.520. The predicted octanol–water partition coefficient (Wildman–Crippen LogP) is 1.71. The molecule has 0 bridgehead atoms. The smallest absolute Gasteiger partial charge is 0.154 e. The van der Waals surface area contributed by atoms with E-state index in [1.165, 1.54) is 11.3 Å². The molecule has 1 saturated heterocycles. The largest absolute Gasteiger partial charge is 0.347 e. The molecule has 2 unspecified atom stereocenters. The fraction of sp³-hybridized carbons (Fsp3) is 0.714.